The van der Waals surface area contributed by atoms with Gasteiger partial charge in [0.1, 0.15) is 0 Å². The third kappa shape index (κ3) is 2.13. The van der Waals surface area contributed by atoms with Crippen LogP contribution in [0.2, 0.25) is 0 Å². The van der Waals surface area contributed by atoms with Crippen LogP contribution in [0.1, 0.15) is 53.9 Å². The molecule has 26 heavy (non-hydrogen) atoms. The predicted octanol–water partition coefficient (Wildman–Crippen LogP) is 2.81. The average molecular weight is 353 g/mol. The molecule has 0 amide bonds. The Morgan fingerprint density at radius 1 is 1.27 bits per heavy atom. The predicted molar refractivity (Wildman–Crippen MR) is 94.8 cm³/mol. The summed E-state index contributed by atoms with van der Waals surface area (Å²) < 4.78 is 10.7. The van der Waals surface area contributed by atoms with Crippen LogP contribution in [0.3, 0.4) is 0 Å². The minimum absolute atomic E-state index is 0.173. The number of esters is 2. The van der Waals surface area contributed by atoms with Gasteiger partial charge in [0.05, 0.1) is 18.7 Å². The summed E-state index contributed by atoms with van der Waals surface area (Å²) in [5.41, 5.74) is 2.60. The Hall–Kier alpha value is -2.14. The summed E-state index contributed by atoms with van der Waals surface area (Å²) in [6.45, 7) is 1.08. The molecule has 1 aromatic rings. The van der Waals surface area contributed by atoms with E-state index in [1.165, 1.54) is 31.1 Å². The highest BCUT2D eigenvalue weighted by molar-refractivity contribution is 5.89. The second-order valence-corrected chi connectivity index (χ2v) is 7.93. The number of carbonyl (C=O) groups excluding carboxylic acids is 2. The molecule has 1 spiro atoms. The fourth-order valence-electron chi connectivity index (χ4n) is 5.71. The Morgan fingerprint density at radius 3 is 2.85 bits per heavy atom. The number of carbonyl (C=O) groups is 2. The Balaban J connectivity index is 1.52. The first-order valence-corrected chi connectivity index (χ1v) is 9.50. The first-order chi connectivity index (χ1) is 12.6. The van der Waals surface area contributed by atoms with Crippen LogP contribution in [-0.2, 0) is 14.3 Å². The molecule has 2 bridgehead atoms. The molecular weight excluding hydrogens is 330 g/mol. The zero-order valence-electron chi connectivity index (χ0n) is 14.9. The molecule has 3 fully saturated rings. The van der Waals surface area contributed by atoms with Crippen LogP contribution in [0.5, 0.6) is 0 Å². The van der Waals surface area contributed by atoms with Gasteiger partial charge in [-0.05, 0) is 49.1 Å². The molecule has 0 aromatic heterocycles. The van der Waals surface area contributed by atoms with Gasteiger partial charge in [-0.3, -0.25) is 4.90 Å². The number of methoxy groups -OCH3 is 1. The first kappa shape index (κ1) is 16.1. The van der Waals surface area contributed by atoms with E-state index in [1.54, 1.807) is 6.08 Å². The molecule has 3 heterocycles. The minimum atomic E-state index is -0.370. The number of piperidine rings is 1. The van der Waals surface area contributed by atoms with Gasteiger partial charge in [0, 0.05) is 24.5 Å². The molecule has 5 heteroatoms. The molecule has 5 rings (SSSR count). The lowest BCUT2D eigenvalue weighted by Crippen LogP contribution is -2.48. The van der Waals surface area contributed by atoms with E-state index in [4.69, 9.17) is 9.47 Å². The molecule has 0 N–H and O–H groups in total. The van der Waals surface area contributed by atoms with E-state index < -0.39 is 0 Å². The Morgan fingerprint density at radius 2 is 2.08 bits per heavy atom. The van der Waals surface area contributed by atoms with E-state index in [0.717, 1.165) is 25.8 Å². The normalized spacial score (nSPS) is 35.3. The van der Waals surface area contributed by atoms with Crippen molar-refractivity contribution in [3.05, 3.63) is 47.0 Å². The zero-order valence-corrected chi connectivity index (χ0v) is 14.9. The summed E-state index contributed by atoms with van der Waals surface area (Å²) in [6.07, 6.45) is 7.03. The van der Waals surface area contributed by atoms with Gasteiger partial charge in [-0.25, -0.2) is 9.59 Å². The van der Waals surface area contributed by atoms with Crippen molar-refractivity contribution < 1.29 is 19.1 Å². The molecule has 1 aromatic carbocycles. The highest BCUT2D eigenvalue weighted by Crippen LogP contribution is 2.57. The van der Waals surface area contributed by atoms with Crippen LogP contribution in [0, 0.1) is 0 Å². The quantitative estimate of drug-likeness (QED) is 0.765. The first-order valence-electron chi connectivity index (χ1n) is 9.50. The molecule has 4 aliphatic rings. The maximum Gasteiger partial charge on any atom is 0.337 e. The number of fused-ring (bicyclic) bond motifs is 3. The van der Waals surface area contributed by atoms with E-state index in [1.807, 2.05) is 24.3 Å². The second-order valence-electron chi connectivity index (χ2n) is 7.93. The van der Waals surface area contributed by atoms with Crippen LogP contribution in [0.25, 0.3) is 0 Å². The Kier molecular flexibility index (Phi) is 3.51. The molecule has 5 nitrogen and oxygen atoms in total. The summed E-state index contributed by atoms with van der Waals surface area (Å²) >= 11 is 0. The van der Waals surface area contributed by atoms with Crippen molar-refractivity contribution in [2.45, 2.75) is 55.7 Å². The monoisotopic (exact) mass is 353 g/mol. The lowest BCUT2D eigenvalue weighted by Gasteiger charge is -2.38. The fourth-order valence-corrected chi connectivity index (χ4v) is 5.71. The van der Waals surface area contributed by atoms with Crippen molar-refractivity contribution in [1.29, 1.82) is 0 Å². The van der Waals surface area contributed by atoms with Crippen LogP contribution in [0.15, 0.2) is 35.9 Å². The van der Waals surface area contributed by atoms with Gasteiger partial charge in [-0.2, -0.15) is 0 Å². The Labute approximate surface area is 153 Å². The second kappa shape index (κ2) is 5.68. The molecular formula is C21H23NO4. The molecule has 136 valence electrons. The zero-order chi connectivity index (χ0) is 17.9. The molecule has 4 atom stereocenters. The third-order valence-electron chi connectivity index (χ3n) is 6.80. The van der Waals surface area contributed by atoms with Crippen molar-refractivity contribution >= 4 is 11.9 Å². The molecule has 0 radical (unpaired) electrons. The van der Waals surface area contributed by atoms with Gasteiger partial charge in [0.2, 0.25) is 0 Å². The highest BCUT2D eigenvalue weighted by atomic mass is 16.6. The van der Waals surface area contributed by atoms with Crippen molar-refractivity contribution in [1.82, 2.24) is 4.90 Å². The van der Waals surface area contributed by atoms with Crippen molar-refractivity contribution in [3.8, 4) is 0 Å². The van der Waals surface area contributed by atoms with Crippen molar-refractivity contribution in [2.24, 2.45) is 0 Å². The van der Waals surface area contributed by atoms with Crippen LogP contribution >= 0.6 is 0 Å². The van der Waals surface area contributed by atoms with Crippen molar-refractivity contribution in [3.63, 3.8) is 0 Å². The fraction of sp³-hybridized carbons (Fsp3) is 0.524. The standard InChI is InChI=1S/C21H23NO4/c1-25-20(24)14-7-5-13(6-8-14)16-10-15-11-19(23)26-21(15)12-17(16)22-9-3-2-4-18(21)22/h5-8,11,16-18H,2-4,9-10,12H2,1H3/t16-,17-,18+,21-/m0/s1. The topological polar surface area (TPSA) is 55.8 Å². The smallest absolute Gasteiger partial charge is 0.337 e. The average Bonchev–Trinajstić information content (AvgIpc) is 3.15. The van der Waals surface area contributed by atoms with Crippen LogP contribution < -0.4 is 0 Å². The lowest BCUT2D eigenvalue weighted by molar-refractivity contribution is -0.148. The summed E-state index contributed by atoms with van der Waals surface area (Å²) in [5.74, 6) is -0.153. The Bertz CT molecular complexity index is 799. The van der Waals surface area contributed by atoms with Crippen molar-refractivity contribution in [2.75, 3.05) is 13.7 Å². The highest BCUT2D eigenvalue weighted by Gasteiger charge is 2.63. The summed E-state index contributed by atoms with van der Waals surface area (Å²) in [5, 5.41) is 0. The van der Waals surface area contributed by atoms with E-state index in [2.05, 4.69) is 4.90 Å². The van der Waals surface area contributed by atoms with Crippen LogP contribution in [0.4, 0.5) is 0 Å². The van der Waals surface area contributed by atoms with Gasteiger partial charge in [0.25, 0.3) is 0 Å². The SMILES string of the molecule is COC(=O)c1ccc([C@@H]2CC3=CC(=O)O[C@@]34C[C@@H]2N2CCCC[C@@H]24)cc1. The number of nitrogens with zero attached hydrogens (tertiary/aromatic N) is 1. The third-order valence-corrected chi connectivity index (χ3v) is 6.80. The summed E-state index contributed by atoms with van der Waals surface area (Å²) in [7, 11) is 1.40. The van der Waals surface area contributed by atoms with Gasteiger partial charge < -0.3 is 9.47 Å². The number of hydrogen-bond acceptors (Lipinski definition) is 5. The van der Waals surface area contributed by atoms with Crippen LogP contribution in [-0.4, -0.2) is 48.2 Å². The largest absolute Gasteiger partial charge is 0.465 e. The summed E-state index contributed by atoms with van der Waals surface area (Å²) in [6, 6.07) is 8.50. The molecule has 3 aliphatic heterocycles. The molecule has 1 aliphatic carbocycles. The molecule has 2 saturated heterocycles. The number of rotatable bonds is 2. The molecule has 0 unspecified atom stereocenters. The van der Waals surface area contributed by atoms with E-state index in [-0.39, 0.29) is 17.5 Å². The van der Waals surface area contributed by atoms with Gasteiger partial charge in [-0.15, -0.1) is 0 Å². The number of benzene rings is 1. The maximum absolute atomic E-state index is 12.1. The number of ether oxygens (including phenoxy) is 2. The van der Waals surface area contributed by atoms with Gasteiger partial charge >= 0.3 is 11.9 Å². The number of hydrogen-bond donors (Lipinski definition) is 0. The lowest BCUT2D eigenvalue weighted by atomic mass is 9.71. The maximum atomic E-state index is 12.1. The minimum Gasteiger partial charge on any atom is -0.465 e. The summed E-state index contributed by atoms with van der Waals surface area (Å²) in [4.78, 5) is 26.4. The van der Waals surface area contributed by atoms with Gasteiger partial charge in [0.15, 0.2) is 5.60 Å². The van der Waals surface area contributed by atoms with E-state index in [0.29, 0.717) is 23.6 Å². The van der Waals surface area contributed by atoms with Gasteiger partial charge in [-0.1, -0.05) is 18.6 Å². The van der Waals surface area contributed by atoms with E-state index in [9.17, 15) is 9.59 Å². The van der Waals surface area contributed by atoms with E-state index >= 15 is 0 Å². The molecule has 1 saturated carbocycles.